The van der Waals surface area contributed by atoms with Gasteiger partial charge in [-0.3, -0.25) is 4.79 Å². The van der Waals surface area contributed by atoms with Crippen LogP contribution < -0.4 is 10.1 Å². The molecule has 0 aliphatic rings. The van der Waals surface area contributed by atoms with Crippen LogP contribution in [0.25, 0.3) is 11.4 Å². The van der Waals surface area contributed by atoms with Crippen LogP contribution in [0.1, 0.15) is 19.4 Å². The molecule has 30 heavy (non-hydrogen) atoms. The summed E-state index contributed by atoms with van der Waals surface area (Å²) in [6.45, 7) is 5.20. The monoisotopic (exact) mass is 444 g/mol. The zero-order valence-electron chi connectivity index (χ0n) is 17.3. The van der Waals surface area contributed by atoms with Gasteiger partial charge in [0, 0.05) is 23.7 Å². The quantitative estimate of drug-likeness (QED) is 0.493. The smallest absolute Gasteiger partial charge is 0.233 e. The summed E-state index contributed by atoms with van der Waals surface area (Å²) in [5.41, 5.74) is 2.09. The molecular weight excluding hydrogens is 420 g/mol. The van der Waals surface area contributed by atoms with E-state index < -0.39 is 0 Å². The van der Waals surface area contributed by atoms with Crippen molar-refractivity contribution in [3.63, 3.8) is 0 Å². The van der Waals surface area contributed by atoms with Gasteiger partial charge in [-0.2, -0.15) is 0 Å². The molecule has 1 amide bonds. The van der Waals surface area contributed by atoms with Crippen LogP contribution in [0, 0.1) is 0 Å². The summed E-state index contributed by atoms with van der Waals surface area (Å²) in [5.74, 6) is 1.57. The molecular formula is C22H25ClN4O2S. The van der Waals surface area contributed by atoms with E-state index in [1.54, 1.807) is 7.11 Å². The molecule has 6 nitrogen and oxygen atoms in total. The fraction of sp³-hybridized carbons (Fsp3) is 0.318. The number of carbonyl (C=O) groups is 1. The van der Waals surface area contributed by atoms with Crippen molar-refractivity contribution < 1.29 is 9.53 Å². The van der Waals surface area contributed by atoms with Crippen LogP contribution in [-0.2, 0) is 17.8 Å². The van der Waals surface area contributed by atoms with Crippen molar-refractivity contribution in [1.29, 1.82) is 0 Å². The molecule has 0 saturated heterocycles. The summed E-state index contributed by atoms with van der Waals surface area (Å²) in [4.78, 5) is 12.5. The molecule has 0 radical (unpaired) electrons. The first-order valence-corrected chi connectivity index (χ1v) is 11.0. The predicted octanol–water partition coefficient (Wildman–Crippen LogP) is 4.47. The number of carbonyl (C=O) groups excluding carboxylic acids is 1. The number of nitrogens with one attached hydrogen (secondary N) is 1. The van der Waals surface area contributed by atoms with Gasteiger partial charge in [0.25, 0.3) is 0 Å². The second kappa shape index (κ2) is 10.5. The number of rotatable bonds is 9. The van der Waals surface area contributed by atoms with Crippen LogP contribution in [-0.4, -0.2) is 39.6 Å². The molecule has 0 fully saturated rings. The second-order valence-electron chi connectivity index (χ2n) is 6.71. The molecule has 8 heteroatoms. The molecule has 1 aromatic heterocycles. The van der Waals surface area contributed by atoms with Gasteiger partial charge in [-0.1, -0.05) is 35.5 Å². The van der Waals surface area contributed by atoms with Crippen LogP contribution in [0.2, 0.25) is 5.02 Å². The van der Waals surface area contributed by atoms with Crippen LogP contribution in [0.5, 0.6) is 5.75 Å². The number of thioether (sulfide) groups is 1. The summed E-state index contributed by atoms with van der Waals surface area (Å²) in [6, 6.07) is 15.4. The highest BCUT2D eigenvalue weighted by molar-refractivity contribution is 8.00. The molecule has 0 spiro atoms. The number of amides is 1. The van der Waals surface area contributed by atoms with E-state index in [0.717, 1.165) is 34.3 Å². The molecule has 3 rings (SSSR count). The Labute approximate surface area is 186 Å². The minimum Gasteiger partial charge on any atom is -0.497 e. The summed E-state index contributed by atoms with van der Waals surface area (Å²) in [5, 5.41) is 12.7. The summed E-state index contributed by atoms with van der Waals surface area (Å²) < 4.78 is 7.17. The van der Waals surface area contributed by atoms with Crippen LogP contribution in [0.4, 0.5) is 0 Å². The minimum atomic E-state index is -0.284. The Hall–Kier alpha value is -2.51. The Morgan fingerprint density at radius 3 is 2.50 bits per heavy atom. The number of benzene rings is 2. The van der Waals surface area contributed by atoms with Gasteiger partial charge in [0.2, 0.25) is 5.91 Å². The van der Waals surface area contributed by atoms with Gasteiger partial charge in [0.05, 0.1) is 12.4 Å². The van der Waals surface area contributed by atoms with Gasteiger partial charge >= 0.3 is 0 Å². The van der Waals surface area contributed by atoms with Crippen molar-refractivity contribution in [2.75, 3.05) is 13.7 Å². The number of ether oxygens (including phenoxy) is 1. The lowest BCUT2D eigenvalue weighted by Gasteiger charge is -2.13. The maximum atomic E-state index is 12.5. The maximum absolute atomic E-state index is 12.5. The second-order valence-corrected chi connectivity index (χ2v) is 8.45. The fourth-order valence-electron chi connectivity index (χ4n) is 2.95. The molecule has 1 heterocycles. The number of halogens is 1. The number of methoxy groups -OCH3 is 1. The number of hydrogen-bond donors (Lipinski definition) is 1. The molecule has 0 aliphatic heterocycles. The Bertz CT molecular complexity index is 974. The first-order valence-electron chi connectivity index (χ1n) is 9.78. The molecule has 1 atom stereocenters. The van der Waals surface area contributed by atoms with Gasteiger partial charge < -0.3 is 14.6 Å². The van der Waals surface area contributed by atoms with Crippen molar-refractivity contribution in [3.8, 4) is 17.1 Å². The predicted molar refractivity (Wildman–Crippen MR) is 121 cm³/mol. The first kappa shape index (κ1) is 22.2. The van der Waals surface area contributed by atoms with Crippen molar-refractivity contribution in [2.24, 2.45) is 0 Å². The van der Waals surface area contributed by atoms with Crippen molar-refractivity contribution in [1.82, 2.24) is 20.1 Å². The summed E-state index contributed by atoms with van der Waals surface area (Å²) in [7, 11) is 1.64. The molecule has 3 aromatic rings. The molecule has 2 aromatic carbocycles. The van der Waals surface area contributed by atoms with E-state index in [-0.39, 0.29) is 11.2 Å². The van der Waals surface area contributed by atoms with Gasteiger partial charge in [-0.25, -0.2) is 0 Å². The van der Waals surface area contributed by atoms with Gasteiger partial charge in [-0.05, 0) is 62.2 Å². The topological polar surface area (TPSA) is 69.0 Å². The lowest BCUT2D eigenvalue weighted by molar-refractivity contribution is -0.120. The fourth-order valence-corrected chi connectivity index (χ4v) is 4.01. The van der Waals surface area contributed by atoms with E-state index in [4.69, 9.17) is 16.3 Å². The lowest BCUT2D eigenvalue weighted by Crippen LogP contribution is -2.32. The first-order chi connectivity index (χ1) is 14.5. The zero-order valence-corrected chi connectivity index (χ0v) is 18.8. The molecule has 158 valence electrons. The molecule has 1 N–H and O–H groups in total. The average molecular weight is 445 g/mol. The van der Waals surface area contributed by atoms with Crippen LogP contribution in [0.15, 0.2) is 53.7 Å². The zero-order chi connectivity index (χ0) is 21.5. The molecule has 0 aliphatic carbocycles. The average Bonchev–Trinajstić information content (AvgIpc) is 3.17. The van der Waals surface area contributed by atoms with Crippen molar-refractivity contribution in [2.45, 2.75) is 37.2 Å². The number of hydrogen-bond acceptors (Lipinski definition) is 5. The molecule has 0 bridgehead atoms. The number of aromatic nitrogens is 3. The highest BCUT2D eigenvalue weighted by Gasteiger charge is 2.20. The van der Waals surface area contributed by atoms with Crippen molar-refractivity contribution >= 4 is 29.3 Å². The Kier molecular flexibility index (Phi) is 7.76. The largest absolute Gasteiger partial charge is 0.497 e. The van der Waals surface area contributed by atoms with Gasteiger partial charge in [0.15, 0.2) is 11.0 Å². The lowest BCUT2D eigenvalue weighted by atomic mass is 10.1. The van der Waals surface area contributed by atoms with Crippen LogP contribution >= 0.6 is 23.4 Å². The Balaban J connectivity index is 1.57. The third kappa shape index (κ3) is 5.55. The van der Waals surface area contributed by atoms with E-state index in [1.807, 2.05) is 66.9 Å². The molecule has 1 unspecified atom stereocenters. The van der Waals surface area contributed by atoms with E-state index in [0.29, 0.717) is 18.1 Å². The highest BCUT2D eigenvalue weighted by Crippen LogP contribution is 2.27. The summed E-state index contributed by atoms with van der Waals surface area (Å²) >= 11 is 7.39. The standard InChI is InChI=1S/C22H25ClN4O2S/c1-4-27-20(17-7-9-18(23)10-8-17)25-26-22(27)30-15(2)21(28)24-14-13-16-5-11-19(29-3)12-6-16/h5-12,15H,4,13-14H2,1-3H3,(H,24,28). The van der Waals surface area contributed by atoms with Crippen LogP contribution in [0.3, 0.4) is 0 Å². The summed E-state index contributed by atoms with van der Waals surface area (Å²) in [6.07, 6.45) is 0.763. The maximum Gasteiger partial charge on any atom is 0.233 e. The SMILES string of the molecule is CCn1c(SC(C)C(=O)NCCc2ccc(OC)cc2)nnc1-c1ccc(Cl)cc1. The normalized spacial score (nSPS) is 11.9. The van der Waals surface area contributed by atoms with Gasteiger partial charge in [-0.15, -0.1) is 10.2 Å². The van der Waals surface area contributed by atoms with E-state index >= 15 is 0 Å². The Morgan fingerprint density at radius 1 is 1.17 bits per heavy atom. The van der Waals surface area contributed by atoms with E-state index in [2.05, 4.69) is 15.5 Å². The molecule has 0 saturated carbocycles. The van der Waals surface area contributed by atoms with Gasteiger partial charge in [0.1, 0.15) is 5.75 Å². The minimum absolute atomic E-state index is 0.0211. The highest BCUT2D eigenvalue weighted by atomic mass is 35.5. The third-order valence-corrected chi connectivity index (χ3v) is 5.99. The van der Waals surface area contributed by atoms with E-state index in [9.17, 15) is 4.79 Å². The van der Waals surface area contributed by atoms with Crippen molar-refractivity contribution in [3.05, 3.63) is 59.1 Å². The third-order valence-electron chi connectivity index (χ3n) is 4.66. The number of nitrogens with zero attached hydrogens (tertiary/aromatic N) is 3. The Morgan fingerprint density at radius 2 is 1.87 bits per heavy atom. The van der Waals surface area contributed by atoms with E-state index in [1.165, 1.54) is 11.8 Å².